The van der Waals surface area contributed by atoms with Gasteiger partial charge < -0.3 is 15.1 Å². The van der Waals surface area contributed by atoms with Gasteiger partial charge in [-0.15, -0.1) is 0 Å². The average Bonchev–Trinajstić information content (AvgIpc) is 2.85. The Morgan fingerprint density at radius 2 is 1.68 bits per heavy atom. The third kappa shape index (κ3) is 5.40. The molecule has 1 aliphatic carbocycles. The van der Waals surface area contributed by atoms with Gasteiger partial charge >= 0.3 is 0 Å². The van der Waals surface area contributed by atoms with Gasteiger partial charge in [-0.3, -0.25) is 9.59 Å². The Morgan fingerprint density at radius 3 is 2.35 bits per heavy atom. The molecule has 2 aromatic rings. The molecule has 5 nitrogen and oxygen atoms in total. The Bertz CT molecular complexity index is 1010. The minimum Gasteiger partial charge on any atom is -0.371 e. The second-order valence-corrected chi connectivity index (χ2v) is 9.26. The van der Waals surface area contributed by atoms with Crippen molar-refractivity contribution in [1.29, 1.82) is 0 Å². The number of benzene rings is 2. The van der Waals surface area contributed by atoms with Crippen LogP contribution in [0.25, 0.3) is 0 Å². The lowest BCUT2D eigenvalue weighted by atomic mass is 9.93. The molecule has 1 aliphatic heterocycles. The zero-order valence-corrected chi connectivity index (χ0v) is 19.7. The molecule has 0 atom stereocenters. The Morgan fingerprint density at radius 1 is 0.971 bits per heavy atom. The topological polar surface area (TPSA) is 52.7 Å². The smallest absolute Gasteiger partial charge is 0.256 e. The SMILES string of the molecule is CCN(C(=O)c1ccccc1N1CCC(NC(=O)c2ccc(F)cc2F)CC1)C1CCCCC1. The fourth-order valence-electron chi connectivity index (χ4n) is 5.25. The molecule has 0 bridgehead atoms. The van der Waals surface area contributed by atoms with Crippen LogP contribution in [-0.4, -0.2) is 48.4 Å². The number of rotatable bonds is 6. The van der Waals surface area contributed by atoms with Gasteiger partial charge in [-0.25, -0.2) is 8.78 Å². The summed E-state index contributed by atoms with van der Waals surface area (Å²) in [5.41, 5.74) is 1.50. The van der Waals surface area contributed by atoms with Crippen LogP contribution >= 0.6 is 0 Å². The molecule has 34 heavy (non-hydrogen) atoms. The number of hydrogen-bond acceptors (Lipinski definition) is 3. The van der Waals surface area contributed by atoms with Crippen LogP contribution in [0.2, 0.25) is 0 Å². The molecule has 1 N–H and O–H groups in total. The van der Waals surface area contributed by atoms with E-state index >= 15 is 0 Å². The second kappa shape index (κ2) is 11.0. The van der Waals surface area contributed by atoms with Crippen LogP contribution in [0.3, 0.4) is 0 Å². The number of piperidine rings is 1. The number of para-hydroxylation sites is 1. The highest BCUT2D eigenvalue weighted by molar-refractivity contribution is 6.00. The molecule has 1 saturated heterocycles. The highest BCUT2D eigenvalue weighted by Crippen LogP contribution is 2.29. The maximum atomic E-state index is 13.9. The molecule has 2 aliphatic rings. The first-order valence-electron chi connectivity index (χ1n) is 12.4. The molecule has 2 fully saturated rings. The highest BCUT2D eigenvalue weighted by Gasteiger charge is 2.29. The van der Waals surface area contributed by atoms with Gasteiger partial charge in [-0.2, -0.15) is 0 Å². The van der Waals surface area contributed by atoms with Crippen molar-refractivity contribution in [1.82, 2.24) is 10.2 Å². The molecule has 2 aromatic carbocycles. The first-order valence-corrected chi connectivity index (χ1v) is 12.4. The zero-order chi connectivity index (χ0) is 24.1. The summed E-state index contributed by atoms with van der Waals surface area (Å²) in [6, 6.07) is 11.0. The predicted octanol–water partition coefficient (Wildman–Crippen LogP) is 5.16. The monoisotopic (exact) mass is 469 g/mol. The van der Waals surface area contributed by atoms with Crippen LogP contribution < -0.4 is 10.2 Å². The van der Waals surface area contributed by atoms with E-state index < -0.39 is 17.5 Å². The summed E-state index contributed by atoms with van der Waals surface area (Å²) in [6.45, 7) is 4.10. The van der Waals surface area contributed by atoms with Crippen molar-refractivity contribution >= 4 is 17.5 Å². The van der Waals surface area contributed by atoms with Crippen molar-refractivity contribution < 1.29 is 18.4 Å². The van der Waals surface area contributed by atoms with Crippen molar-refractivity contribution in [2.24, 2.45) is 0 Å². The number of halogens is 2. The van der Waals surface area contributed by atoms with Gasteiger partial charge in [0.15, 0.2) is 0 Å². The van der Waals surface area contributed by atoms with Crippen LogP contribution in [0.15, 0.2) is 42.5 Å². The van der Waals surface area contributed by atoms with Gasteiger partial charge in [-0.05, 0) is 56.9 Å². The predicted molar refractivity (Wildman–Crippen MR) is 129 cm³/mol. The van der Waals surface area contributed by atoms with Gasteiger partial charge in [0.2, 0.25) is 0 Å². The Kier molecular flexibility index (Phi) is 7.80. The largest absolute Gasteiger partial charge is 0.371 e. The lowest BCUT2D eigenvalue weighted by Gasteiger charge is -2.37. The van der Waals surface area contributed by atoms with Gasteiger partial charge in [0.05, 0.1) is 11.1 Å². The zero-order valence-electron chi connectivity index (χ0n) is 19.7. The molecule has 0 spiro atoms. The summed E-state index contributed by atoms with van der Waals surface area (Å²) >= 11 is 0. The van der Waals surface area contributed by atoms with Crippen molar-refractivity contribution in [2.45, 2.75) is 64.0 Å². The minimum atomic E-state index is -0.860. The van der Waals surface area contributed by atoms with Gasteiger partial charge in [0.25, 0.3) is 11.8 Å². The standard InChI is InChI=1S/C27H33F2N3O2/c1-2-32(21-8-4-3-5-9-21)27(34)23-10-6-7-11-25(23)31-16-14-20(15-17-31)30-26(33)22-13-12-19(28)18-24(22)29/h6-7,10-13,18,20-21H,2-5,8-9,14-17H2,1H3,(H,30,33). The molecule has 2 amide bonds. The average molecular weight is 470 g/mol. The maximum absolute atomic E-state index is 13.9. The number of anilines is 1. The fraction of sp³-hybridized carbons (Fsp3) is 0.481. The lowest BCUT2D eigenvalue weighted by molar-refractivity contribution is 0.0648. The molecule has 0 unspecified atom stereocenters. The molecular formula is C27H33F2N3O2. The number of carbonyl (C=O) groups is 2. The van der Waals surface area contributed by atoms with Crippen molar-refractivity contribution in [3.8, 4) is 0 Å². The molecule has 1 heterocycles. The normalized spacial score (nSPS) is 17.4. The molecule has 0 aromatic heterocycles. The molecule has 182 valence electrons. The highest BCUT2D eigenvalue weighted by atomic mass is 19.1. The van der Waals surface area contributed by atoms with Crippen molar-refractivity contribution in [3.05, 3.63) is 65.2 Å². The Labute approximate surface area is 200 Å². The lowest BCUT2D eigenvalue weighted by Crippen LogP contribution is -2.46. The van der Waals surface area contributed by atoms with E-state index in [4.69, 9.17) is 0 Å². The van der Waals surface area contributed by atoms with Crippen LogP contribution in [0.4, 0.5) is 14.5 Å². The van der Waals surface area contributed by atoms with Gasteiger partial charge in [0.1, 0.15) is 11.6 Å². The second-order valence-electron chi connectivity index (χ2n) is 9.26. The maximum Gasteiger partial charge on any atom is 0.256 e. The van der Waals surface area contributed by atoms with Gasteiger partial charge in [0, 0.05) is 43.5 Å². The summed E-state index contributed by atoms with van der Waals surface area (Å²) in [5, 5.41) is 2.87. The van der Waals surface area contributed by atoms with E-state index in [9.17, 15) is 18.4 Å². The van der Waals surface area contributed by atoms with Crippen LogP contribution in [-0.2, 0) is 0 Å². The first kappa shape index (κ1) is 24.2. The number of carbonyl (C=O) groups excluding carboxylic acids is 2. The summed E-state index contributed by atoms with van der Waals surface area (Å²) < 4.78 is 27.1. The fourth-order valence-corrected chi connectivity index (χ4v) is 5.25. The van der Waals surface area contributed by atoms with Crippen molar-refractivity contribution in [3.63, 3.8) is 0 Å². The molecule has 1 saturated carbocycles. The number of amides is 2. The van der Waals surface area contributed by atoms with Crippen LogP contribution in [0.5, 0.6) is 0 Å². The Hall–Kier alpha value is -2.96. The number of nitrogens with one attached hydrogen (secondary N) is 1. The van der Waals surface area contributed by atoms with Crippen LogP contribution in [0.1, 0.15) is 72.6 Å². The number of nitrogens with zero attached hydrogens (tertiary/aromatic N) is 2. The Balaban J connectivity index is 1.41. The third-order valence-corrected chi connectivity index (χ3v) is 7.10. The third-order valence-electron chi connectivity index (χ3n) is 7.10. The molecule has 0 radical (unpaired) electrons. The van der Waals surface area contributed by atoms with E-state index in [1.807, 2.05) is 36.1 Å². The van der Waals surface area contributed by atoms with E-state index in [0.29, 0.717) is 38.5 Å². The first-order chi connectivity index (χ1) is 16.5. The van der Waals surface area contributed by atoms with E-state index in [2.05, 4.69) is 10.2 Å². The number of hydrogen-bond donors (Lipinski definition) is 1. The van der Waals surface area contributed by atoms with Gasteiger partial charge in [-0.1, -0.05) is 31.4 Å². The molecule has 7 heteroatoms. The van der Waals surface area contributed by atoms with Crippen LogP contribution in [0, 0.1) is 11.6 Å². The van der Waals surface area contributed by atoms with E-state index in [1.54, 1.807) is 0 Å². The van der Waals surface area contributed by atoms with E-state index in [0.717, 1.165) is 36.2 Å². The van der Waals surface area contributed by atoms with E-state index in [1.165, 1.54) is 25.3 Å². The molecule has 4 rings (SSSR count). The summed E-state index contributed by atoms with van der Waals surface area (Å²) in [4.78, 5) is 30.2. The summed E-state index contributed by atoms with van der Waals surface area (Å²) in [5.74, 6) is -2.01. The summed E-state index contributed by atoms with van der Waals surface area (Å²) in [6.07, 6.45) is 7.10. The van der Waals surface area contributed by atoms with Crippen molar-refractivity contribution in [2.75, 3.05) is 24.5 Å². The molecular weight excluding hydrogens is 436 g/mol. The minimum absolute atomic E-state index is 0.0900. The quantitative estimate of drug-likeness (QED) is 0.636. The summed E-state index contributed by atoms with van der Waals surface area (Å²) in [7, 11) is 0. The van der Waals surface area contributed by atoms with E-state index in [-0.39, 0.29) is 17.5 Å².